The maximum atomic E-state index is 11.8. The smallest absolute Gasteiger partial charge is 0.287 e. The molecule has 0 aromatic carbocycles. The summed E-state index contributed by atoms with van der Waals surface area (Å²) in [6.45, 7) is 7.30. The van der Waals surface area contributed by atoms with E-state index < -0.39 is 0 Å². The van der Waals surface area contributed by atoms with E-state index in [1.165, 1.54) is 12.8 Å². The molecule has 106 valence electrons. The predicted octanol–water partition coefficient (Wildman–Crippen LogP) is 2.78. The number of amides is 1. The Labute approximate surface area is 119 Å². The van der Waals surface area contributed by atoms with Gasteiger partial charge < -0.3 is 9.73 Å². The van der Waals surface area contributed by atoms with Crippen LogP contribution in [0.5, 0.6) is 0 Å². The third-order valence-electron chi connectivity index (χ3n) is 3.80. The van der Waals surface area contributed by atoms with E-state index in [0.717, 1.165) is 19.0 Å². The monoisotopic (exact) mass is 284 g/mol. The minimum Gasteiger partial charge on any atom is -0.440 e. The van der Waals surface area contributed by atoms with Gasteiger partial charge in [-0.15, -0.1) is 0 Å². The molecule has 0 bridgehead atoms. The van der Waals surface area contributed by atoms with Crippen molar-refractivity contribution < 1.29 is 9.21 Å². The average molecular weight is 285 g/mol. The van der Waals surface area contributed by atoms with Gasteiger partial charge in [0.1, 0.15) is 0 Å². The molecular weight excluding hydrogens is 264 g/mol. The van der Waals surface area contributed by atoms with Crippen molar-refractivity contribution in [2.45, 2.75) is 32.7 Å². The minimum atomic E-state index is -0.205. The zero-order chi connectivity index (χ0) is 13.8. The lowest BCUT2D eigenvalue weighted by molar-refractivity contribution is 0.0895. The molecule has 1 saturated heterocycles. The number of rotatable bonds is 4. The maximum Gasteiger partial charge on any atom is 0.287 e. The molecule has 5 heteroatoms. The summed E-state index contributed by atoms with van der Waals surface area (Å²) in [5.74, 6) is 0.886. The summed E-state index contributed by atoms with van der Waals surface area (Å²) < 4.78 is 5.08. The summed E-state index contributed by atoms with van der Waals surface area (Å²) in [4.78, 5) is 14.2. The Bertz CT molecular complexity index is 425. The van der Waals surface area contributed by atoms with Crippen LogP contribution < -0.4 is 5.32 Å². The highest BCUT2D eigenvalue weighted by Gasteiger charge is 2.21. The molecule has 1 atom stereocenters. The van der Waals surface area contributed by atoms with Gasteiger partial charge in [-0.1, -0.05) is 6.92 Å². The average Bonchev–Trinajstić information content (AvgIpc) is 2.83. The number of likely N-dealkylation sites (tertiary alicyclic amines) is 1. The Morgan fingerprint density at radius 3 is 2.79 bits per heavy atom. The number of nitrogens with one attached hydrogen (secondary N) is 1. The minimum absolute atomic E-state index is 0.205. The van der Waals surface area contributed by atoms with E-state index in [0.29, 0.717) is 12.6 Å². The molecule has 1 aliphatic rings. The van der Waals surface area contributed by atoms with Crippen LogP contribution in [-0.4, -0.2) is 36.5 Å². The van der Waals surface area contributed by atoms with E-state index in [4.69, 9.17) is 16.0 Å². The van der Waals surface area contributed by atoms with Crippen molar-refractivity contribution in [3.8, 4) is 0 Å². The Kier molecular flexibility index (Phi) is 4.88. The van der Waals surface area contributed by atoms with Crippen LogP contribution in [0.1, 0.15) is 37.2 Å². The van der Waals surface area contributed by atoms with E-state index in [2.05, 4.69) is 24.1 Å². The van der Waals surface area contributed by atoms with E-state index in [-0.39, 0.29) is 16.9 Å². The summed E-state index contributed by atoms with van der Waals surface area (Å²) >= 11 is 5.65. The van der Waals surface area contributed by atoms with Gasteiger partial charge in [0.25, 0.3) is 5.91 Å². The predicted molar refractivity (Wildman–Crippen MR) is 75.5 cm³/mol. The summed E-state index contributed by atoms with van der Waals surface area (Å²) in [7, 11) is 0. The van der Waals surface area contributed by atoms with Gasteiger partial charge in [-0.2, -0.15) is 0 Å². The van der Waals surface area contributed by atoms with Gasteiger partial charge in [-0.05, 0) is 62.5 Å². The summed E-state index contributed by atoms with van der Waals surface area (Å²) in [5.41, 5.74) is 0. The lowest BCUT2D eigenvalue weighted by atomic mass is 9.98. The number of hydrogen-bond donors (Lipinski definition) is 1. The molecule has 2 rings (SSSR count). The van der Waals surface area contributed by atoms with Crippen LogP contribution in [0.15, 0.2) is 16.5 Å². The molecule has 0 spiro atoms. The highest BCUT2D eigenvalue weighted by molar-refractivity contribution is 6.29. The van der Waals surface area contributed by atoms with Crippen LogP contribution in [0.2, 0.25) is 5.22 Å². The first-order valence-corrected chi connectivity index (χ1v) is 7.21. The van der Waals surface area contributed by atoms with Crippen LogP contribution in [-0.2, 0) is 0 Å². The van der Waals surface area contributed by atoms with E-state index >= 15 is 0 Å². The van der Waals surface area contributed by atoms with Crippen molar-refractivity contribution in [3.63, 3.8) is 0 Å². The molecule has 2 heterocycles. The largest absolute Gasteiger partial charge is 0.440 e. The highest BCUT2D eigenvalue weighted by atomic mass is 35.5. The summed E-state index contributed by atoms with van der Waals surface area (Å²) in [6.07, 6.45) is 2.48. The van der Waals surface area contributed by atoms with Crippen LogP contribution in [0.3, 0.4) is 0 Å². The van der Waals surface area contributed by atoms with E-state index in [9.17, 15) is 4.79 Å². The first kappa shape index (κ1) is 14.4. The molecule has 0 saturated carbocycles. The van der Waals surface area contributed by atoms with Gasteiger partial charge >= 0.3 is 0 Å². The van der Waals surface area contributed by atoms with Gasteiger partial charge in [0.05, 0.1) is 0 Å². The summed E-state index contributed by atoms with van der Waals surface area (Å²) in [5, 5.41) is 3.13. The van der Waals surface area contributed by atoms with Crippen molar-refractivity contribution in [1.82, 2.24) is 10.2 Å². The van der Waals surface area contributed by atoms with Gasteiger partial charge in [-0.3, -0.25) is 9.69 Å². The Morgan fingerprint density at radius 1 is 1.53 bits per heavy atom. The Balaban J connectivity index is 1.77. The van der Waals surface area contributed by atoms with Crippen molar-refractivity contribution in [2.75, 3.05) is 19.6 Å². The molecule has 1 aromatic rings. The number of nitrogens with zero attached hydrogens (tertiary/aromatic N) is 1. The van der Waals surface area contributed by atoms with Crippen molar-refractivity contribution in [1.29, 1.82) is 0 Å². The molecule has 0 aliphatic carbocycles. The number of carbonyl (C=O) groups is 1. The number of furan rings is 1. The van der Waals surface area contributed by atoms with Gasteiger partial charge in [0, 0.05) is 12.6 Å². The van der Waals surface area contributed by atoms with Crippen LogP contribution in [0.25, 0.3) is 0 Å². The molecule has 1 amide bonds. The molecule has 1 unspecified atom stereocenters. The fourth-order valence-electron chi connectivity index (χ4n) is 2.36. The standard InChI is InChI=1S/C14H21ClN2O2/c1-10-5-7-17(8-6-10)11(2)9-16-14(18)12-3-4-13(15)19-12/h3-4,10-11H,5-9H2,1-2H3,(H,16,18). The highest BCUT2D eigenvalue weighted by Crippen LogP contribution is 2.18. The first-order valence-electron chi connectivity index (χ1n) is 6.84. The third kappa shape index (κ3) is 3.98. The summed E-state index contributed by atoms with van der Waals surface area (Å²) in [6, 6.07) is 3.51. The normalized spacial score (nSPS) is 19.3. The molecule has 0 radical (unpaired) electrons. The third-order valence-corrected chi connectivity index (χ3v) is 4.00. The van der Waals surface area contributed by atoms with E-state index in [1.807, 2.05) is 0 Å². The Morgan fingerprint density at radius 2 is 2.21 bits per heavy atom. The molecule has 19 heavy (non-hydrogen) atoms. The number of piperidine rings is 1. The van der Waals surface area contributed by atoms with Crippen LogP contribution >= 0.6 is 11.6 Å². The maximum absolute atomic E-state index is 11.8. The SMILES string of the molecule is CC1CCN(C(C)CNC(=O)c2ccc(Cl)o2)CC1. The molecular formula is C14H21ClN2O2. The fraction of sp³-hybridized carbons (Fsp3) is 0.643. The van der Waals surface area contributed by atoms with E-state index in [1.54, 1.807) is 12.1 Å². The topological polar surface area (TPSA) is 45.5 Å². The van der Waals surface area contributed by atoms with Gasteiger partial charge in [0.2, 0.25) is 0 Å². The molecule has 1 aromatic heterocycles. The van der Waals surface area contributed by atoms with Crippen molar-refractivity contribution >= 4 is 17.5 Å². The number of carbonyl (C=O) groups excluding carboxylic acids is 1. The second kappa shape index (κ2) is 6.44. The second-order valence-electron chi connectivity index (χ2n) is 5.38. The first-order chi connectivity index (χ1) is 9.06. The fourth-order valence-corrected chi connectivity index (χ4v) is 2.51. The lowest BCUT2D eigenvalue weighted by Crippen LogP contribution is -2.45. The quantitative estimate of drug-likeness (QED) is 0.925. The molecule has 1 N–H and O–H groups in total. The Hall–Kier alpha value is -1.00. The second-order valence-corrected chi connectivity index (χ2v) is 5.75. The molecule has 1 fully saturated rings. The zero-order valence-electron chi connectivity index (χ0n) is 11.5. The number of halogens is 1. The van der Waals surface area contributed by atoms with Crippen molar-refractivity contribution in [3.05, 3.63) is 23.1 Å². The van der Waals surface area contributed by atoms with Gasteiger partial charge in [-0.25, -0.2) is 0 Å². The van der Waals surface area contributed by atoms with Crippen LogP contribution in [0, 0.1) is 5.92 Å². The number of hydrogen-bond acceptors (Lipinski definition) is 3. The van der Waals surface area contributed by atoms with Crippen LogP contribution in [0.4, 0.5) is 0 Å². The molecule has 1 aliphatic heterocycles. The zero-order valence-corrected chi connectivity index (χ0v) is 12.2. The van der Waals surface area contributed by atoms with Gasteiger partial charge in [0.15, 0.2) is 11.0 Å². The molecule has 4 nitrogen and oxygen atoms in total. The van der Waals surface area contributed by atoms with Crippen molar-refractivity contribution in [2.24, 2.45) is 5.92 Å². The lowest BCUT2D eigenvalue weighted by Gasteiger charge is -2.34.